The van der Waals surface area contributed by atoms with E-state index in [1.807, 2.05) is 0 Å². The molecule has 1 aromatic rings. The maximum Gasteiger partial charge on any atom is 0.157 e. The van der Waals surface area contributed by atoms with E-state index in [-0.39, 0.29) is 6.29 Å². The van der Waals surface area contributed by atoms with Crippen LogP contribution in [0.4, 0.5) is 0 Å². The van der Waals surface area contributed by atoms with E-state index in [1.54, 1.807) is 0 Å². The fourth-order valence-electron chi connectivity index (χ4n) is 4.54. The first kappa shape index (κ1) is 37.9. The predicted octanol–water partition coefficient (Wildman–Crippen LogP) is 6.00. The lowest BCUT2D eigenvalue weighted by Gasteiger charge is -2.22. The molecule has 0 N–H and O–H groups in total. The fourth-order valence-corrected chi connectivity index (χ4v) is 4.54. The minimum atomic E-state index is -0.0586. The van der Waals surface area contributed by atoms with Crippen LogP contribution in [0.1, 0.15) is 76.7 Å². The van der Waals surface area contributed by atoms with E-state index < -0.39 is 0 Å². The fraction of sp³-hybridized carbons (Fsp3) is 0.824. The summed E-state index contributed by atoms with van der Waals surface area (Å²) in [5.74, 6) is 0.893. The quantitative estimate of drug-likeness (QED) is 0.0938. The Morgan fingerprint density at radius 3 is 1.56 bits per heavy atom. The zero-order valence-corrected chi connectivity index (χ0v) is 26.9. The summed E-state index contributed by atoms with van der Waals surface area (Å²) < 4.78 is 50.0. The lowest BCUT2D eigenvalue weighted by Crippen LogP contribution is -2.24. The van der Waals surface area contributed by atoms with E-state index >= 15 is 0 Å². The average molecular weight is 613 g/mol. The molecule has 1 aliphatic heterocycles. The maximum atomic E-state index is 5.78. The highest BCUT2D eigenvalue weighted by Gasteiger charge is 2.13. The van der Waals surface area contributed by atoms with Crippen LogP contribution in [0, 0.1) is 0 Å². The van der Waals surface area contributed by atoms with Gasteiger partial charge < -0.3 is 42.6 Å². The van der Waals surface area contributed by atoms with Crippen LogP contribution in [0.15, 0.2) is 24.3 Å². The van der Waals surface area contributed by atoms with Gasteiger partial charge in [0, 0.05) is 6.61 Å². The van der Waals surface area contributed by atoms with Crippen molar-refractivity contribution in [3.8, 4) is 5.75 Å². The molecule has 0 aliphatic carbocycles. The van der Waals surface area contributed by atoms with Gasteiger partial charge in [-0.05, 0) is 49.8 Å². The van der Waals surface area contributed by atoms with Crippen molar-refractivity contribution in [2.75, 3.05) is 99.1 Å². The summed E-state index contributed by atoms with van der Waals surface area (Å²) in [4.78, 5) is 0. The first-order valence-corrected chi connectivity index (χ1v) is 16.8. The number of ether oxygens (including phenoxy) is 9. The van der Waals surface area contributed by atoms with Gasteiger partial charge >= 0.3 is 0 Å². The number of aryl methyl sites for hydroxylation is 1. The van der Waals surface area contributed by atoms with Crippen LogP contribution in [0.2, 0.25) is 0 Å². The van der Waals surface area contributed by atoms with Crippen molar-refractivity contribution in [1.82, 2.24) is 0 Å². The largest absolute Gasteiger partial charge is 0.491 e. The standard InChI is InChI=1S/C34H60O9/c1-2-3-4-5-6-7-8-11-32-13-15-33(16-14-32)41-30-28-39-26-24-37-22-20-35-18-19-36-21-23-38-25-27-40-29-31-43-34-12-9-10-17-42-34/h13-16,34H,2-12,17-31H2,1H3. The molecule has 0 bridgehead atoms. The average Bonchev–Trinajstić information content (AvgIpc) is 3.04. The van der Waals surface area contributed by atoms with E-state index in [4.69, 9.17) is 42.6 Å². The summed E-state index contributed by atoms with van der Waals surface area (Å²) in [6, 6.07) is 8.47. The Morgan fingerprint density at radius 2 is 1.05 bits per heavy atom. The Bertz CT molecular complexity index is 698. The first-order valence-electron chi connectivity index (χ1n) is 16.8. The maximum absolute atomic E-state index is 5.78. The Hall–Kier alpha value is -1.30. The van der Waals surface area contributed by atoms with Crippen molar-refractivity contribution in [3.63, 3.8) is 0 Å². The van der Waals surface area contributed by atoms with Gasteiger partial charge in [-0.2, -0.15) is 0 Å². The van der Waals surface area contributed by atoms with Crippen LogP contribution in [0.3, 0.4) is 0 Å². The van der Waals surface area contributed by atoms with E-state index in [0.717, 1.165) is 31.6 Å². The second kappa shape index (κ2) is 29.4. The molecule has 0 saturated carbocycles. The molecule has 1 aromatic carbocycles. The molecule has 250 valence electrons. The number of hydrogen-bond donors (Lipinski definition) is 0. The van der Waals surface area contributed by atoms with Gasteiger partial charge in [-0.3, -0.25) is 0 Å². The number of hydrogen-bond acceptors (Lipinski definition) is 9. The molecule has 1 saturated heterocycles. The van der Waals surface area contributed by atoms with Crippen molar-refractivity contribution >= 4 is 0 Å². The predicted molar refractivity (Wildman–Crippen MR) is 168 cm³/mol. The third-order valence-corrected chi connectivity index (χ3v) is 7.02. The summed E-state index contributed by atoms with van der Waals surface area (Å²) in [5.41, 5.74) is 1.39. The number of unbranched alkanes of at least 4 members (excludes halogenated alkanes) is 6. The molecule has 1 atom stereocenters. The minimum Gasteiger partial charge on any atom is -0.491 e. The van der Waals surface area contributed by atoms with E-state index in [0.29, 0.717) is 92.5 Å². The number of rotatable bonds is 31. The molecule has 1 unspecified atom stereocenters. The van der Waals surface area contributed by atoms with Crippen LogP contribution in [0.25, 0.3) is 0 Å². The lowest BCUT2D eigenvalue weighted by atomic mass is 10.0. The Morgan fingerprint density at radius 1 is 0.558 bits per heavy atom. The van der Waals surface area contributed by atoms with Gasteiger partial charge in [0.1, 0.15) is 12.4 Å². The highest BCUT2D eigenvalue weighted by atomic mass is 16.7. The van der Waals surface area contributed by atoms with Gasteiger partial charge in [0.05, 0.1) is 85.9 Å². The number of benzene rings is 1. The van der Waals surface area contributed by atoms with Gasteiger partial charge in [-0.1, -0.05) is 57.6 Å². The highest BCUT2D eigenvalue weighted by Crippen LogP contribution is 2.15. The molecule has 0 aromatic heterocycles. The van der Waals surface area contributed by atoms with Gasteiger partial charge in [-0.25, -0.2) is 0 Å². The van der Waals surface area contributed by atoms with Gasteiger partial charge in [-0.15, -0.1) is 0 Å². The molecule has 43 heavy (non-hydrogen) atoms. The zero-order chi connectivity index (χ0) is 30.3. The molecule has 0 radical (unpaired) electrons. The minimum absolute atomic E-state index is 0.0586. The Balaban J connectivity index is 1.22. The zero-order valence-electron chi connectivity index (χ0n) is 26.9. The summed E-state index contributed by atoms with van der Waals surface area (Å²) in [7, 11) is 0. The van der Waals surface area contributed by atoms with Crippen molar-refractivity contribution < 1.29 is 42.6 Å². The summed E-state index contributed by atoms with van der Waals surface area (Å²) in [6.45, 7) is 10.6. The molecular weight excluding hydrogens is 552 g/mol. The van der Waals surface area contributed by atoms with Crippen LogP contribution in [-0.2, 0) is 44.3 Å². The van der Waals surface area contributed by atoms with Crippen LogP contribution in [0.5, 0.6) is 5.75 Å². The SMILES string of the molecule is CCCCCCCCCc1ccc(OCCOCCOCCOCCOCCOCCOCCOC2CCCCO2)cc1. The second-order valence-corrected chi connectivity index (χ2v) is 10.7. The molecule has 2 rings (SSSR count). The first-order chi connectivity index (χ1) is 21.4. The lowest BCUT2D eigenvalue weighted by molar-refractivity contribution is -0.169. The third-order valence-electron chi connectivity index (χ3n) is 7.02. The van der Waals surface area contributed by atoms with E-state index in [9.17, 15) is 0 Å². The van der Waals surface area contributed by atoms with E-state index in [2.05, 4.69) is 31.2 Å². The van der Waals surface area contributed by atoms with Gasteiger partial charge in [0.25, 0.3) is 0 Å². The molecule has 0 amide bonds. The second-order valence-electron chi connectivity index (χ2n) is 10.7. The summed E-state index contributed by atoms with van der Waals surface area (Å²) in [5, 5.41) is 0. The molecule has 0 spiro atoms. The molecule has 1 aliphatic rings. The molecular formula is C34H60O9. The van der Waals surface area contributed by atoms with Crippen LogP contribution in [-0.4, -0.2) is 105 Å². The molecule has 1 fully saturated rings. The normalized spacial score (nSPS) is 15.2. The van der Waals surface area contributed by atoms with Crippen molar-refractivity contribution in [3.05, 3.63) is 29.8 Å². The van der Waals surface area contributed by atoms with Crippen LogP contribution >= 0.6 is 0 Å². The van der Waals surface area contributed by atoms with Crippen molar-refractivity contribution in [2.24, 2.45) is 0 Å². The van der Waals surface area contributed by atoms with E-state index in [1.165, 1.54) is 56.9 Å². The summed E-state index contributed by atoms with van der Waals surface area (Å²) >= 11 is 0. The molecule has 9 nitrogen and oxygen atoms in total. The Labute approximate surface area is 261 Å². The Kier molecular flexibility index (Phi) is 25.9. The van der Waals surface area contributed by atoms with Gasteiger partial charge in [0.15, 0.2) is 6.29 Å². The highest BCUT2D eigenvalue weighted by molar-refractivity contribution is 5.27. The summed E-state index contributed by atoms with van der Waals surface area (Å²) in [6.07, 6.45) is 13.8. The van der Waals surface area contributed by atoms with Crippen molar-refractivity contribution in [2.45, 2.75) is 83.8 Å². The topological polar surface area (TPSA) is 83.1 Å². The monoisotopic (exact) mass is 612 g/mol. The van der Waals surface area contributed by atoms with Crippen molar-refractivity contribution in [1.29, 1.82) is 0 Å². The van der Waals surface area contributed by atoms with Gasteiger partial charge in [0.2, 0.25) is 0 Å². The molecule has 9 heteroatoms. The smallest absolute Gasteiger partial charge is 0.157 e. The molecule has 1 heterocycles. The third kappa shape index (κ3) is 23.7. The van der Waals surface area contributed by atoms with Crippen LogP contribution < -0.4 is 4.74 Å².